The summed E-state index contributed by atoms with van der Waals surface area (Å²) >= 11 is 0. The van der Waals surface area contributed by atoms with Crippen LogP contribution in [0.25, 0.3) is 86.9 Å². The van der Waals surface area contributed by atoms with Crippen molar-refractivity contribution in [2.24, 2.45) is 0 Å². The molecule has 0 amide bonds. The summed E-state index contributed by atoms with van der Waals surface area (Å²) in [5, 5.41) is 25.0. The Morgan fingerprint density at radius 2 is 0.739 bits per heavy atom. The summed E-state index contributed by atoms with van der Waals surface area (Å²) in [6.07, 6.45) is 0. The first-order valence-corrected chi connectivity index (χ1v) is 23.4. The van der Waals surface area contributed by atoms with Gasteiger partial charge in [0.2, 0.25) is 0 Å². The van der Waals surface area contributed by atoms with E-state index in [9.17, 15) is 5.11 Å². The number of aromatic hydroxyl groups is 1. The predicted octanol–water partition coefficient (Wildman–Crippen LogP) is 17.4. The fourth-order valence-corrected chi connectivity index (χ4v) is 11.1. The van der Waals surface area contributed by atoms with E-state index >= 15 is 0 Å². The van der Waals surface area contributed by atoms with Gasteiger partial charge in [-0.05, 0) is 180 Å². The summed E-state index contributed by atoms with van der Waals surface area (Å²) in [7, 11) is 1.71. The second-order valence-electron chi connectivity index (χ2n) is 18.0. The molecule has 0 saturated heterocycles. The first kappa shape index (κ1) is 40.2. The van der Waals surface area contributed by atoms with Crippen molar-refractivity contribution in [3.63, 3.8) is 0 Å². The van der Waals surface area contributed by atoms with E-state index in [1.165, 1.54) is 87.1 Å². The van der Waals surface area contributed by atoms with E-state index in [0.717, 1.165) is 45.3 Å². The van der Waals surface area contributed by atoms with Crippen LogP contribution in [0.5, 0.6) is 11.5 Å². The number of phenolic OH excluding ortho intramolecular Hbond substituents is 1. The Morgan fingerprint density at radius 3 is 1.17 bits per heavy atom. The Morgan fingerprint density at radius 1 is 0.362 bits per heavy atom. The highest BCUT2D eigenvalue weighted by molar-refractivity contribution is 6.47. The molecule has 0 aliphatic heterocycles. The van der Waals surface area contributed by atoms with Gasteiger partial charge in [-0.15, -0.1) is 0 Å². The number of aryl methyl sites for hydroxylation is 1. The van der Waals surface area contributed by atoms with Crippen LogP contribution in [0.3, 0.4) is 0 Å². The van der Waals surface area contributed by atoms with Crippen LogP contribution in [-0.4, -0.2) is 12.2 Å². The lowest BCUT2D eigenvalue weighted by Crippen LogP contribution is -2.10. The van der Waals surface area contributed by atoms with Crippen molar-refractivity contribution in [2.75, 3.05) is 22.6 Å². The van der Waals surface area contributed by atoms with Crippen molar-refractivity contribution < 1.29 is 9.84 Å². The molecule has 5 nitrogen and oxygen atoms in total. The first-order chi connectivity index (χ1) is 33.9. The zero-order valence-electron chi connectivity index (χ0n) is 38.1. The van der Waals surface area contributed by atoms with Crippen LogP contribution >= 0.6 is 0 Å². The van der Waals surface area contributed by atoms with Crippen molar-refractivity contribution in [3.05, 3.63) is 224 Å². The number of fused-ring (bicyclic) bond motifs is 6. The summed E-state index contributed by atoms with van der Waals surface area (Å²) in [6, 6.07) is 77.5. The molecule has 13 aromatic rings. The summed E-state index contributed by atoms with van der Waals surface area (Å²) in [6.45, 7) is 2.13. The van der Waals surface area contributed by atoms with Crippen molar-refractivity contribution in [2.45, 2.75) is 6.92 Å². The lowest BCUT2D eigenvalue weighted by atomic mass is 9.87. The molecule has 69 heavy (non-hydrogen) atoms. The second-order valence-corrected chi connectivity index (χ2v) is 18.0. The van der Waals surface area contributed by atoms with Gasteiger partial charge in [0.15, 0.2) is 0 Å². The minimum atomic E-state index is 0.219. The molecule has 0 fully saturated rings. The third-order valence-corrected chi connectivity index (χ3v) is 14.1. The Labute approximate surface area is 399 Å². The third-order valence-electron chi connectivity index (χ3n) is 14.1. The van der Waals surface area contributed by atoms with E-state index in [-0.39, 0.29) is 5.75 Å². The number of rotatable bonds is 9. The molecule has 0 atom stereocenters. The van der Waals surface area contributed by atoms with Gasteiger partial charge in [0, 0.05) is 39.2 Å². The molecule has 0 aromatic heterocycles. The number of methoxy groups -OCH3 is 1. The Balaban J connectivity index is 1.18. The first-order valence-electron chi connectivity index (χ1n) is 23.4. The largest absolute Gasteiger partial charge is 0.508 e. The maximum atomic E-state index is 10.4. The maximum Gasteiger partial charge on any atom is 0.119 e. The summed E-state index contributed by atoms with van der Waals surface area (Å²) in [4.78, 5) is 4.64. The topological polar surface area (TPSA) is 62.0 Å². The van der Waals surface area contributed by atoms with Crippen LogP contribution in [0.15, 0.2) is 218 Å². The number of hydrogen-bond acceptors (Lipinski definition) is 5. The Kier molecular flexibility index (Phi) is 9.21. The number of ether oxygens (including phenoxy) is 1. The third kappa shape index (κ3) is 6.24. The van der Waals surface area contributed by atoms with Crippen LogP contribution in [-0.2, 0) is 0 Å². The van der Waals surface area contributed by atoms with Gasteiger partial charge in [-0.3, -0.25) is 0 Å². The van der Waals surface area contributed by atoms with Crippen molar-refractivity contribution in [1.82, 2.24) is 0 Å². The minimum absolute atomic E-state index is 0.219. The van der Waals surface area contributed by atoms with Crippen LogP contribution in [0, 0.1) is 6.92 Å². The number of nitrogens with zero attached hydrogens (tertiary/aromatic N) is 2. The summed E-state index contributed by atoms with van der Waals surface area (Å²) in [5.74, 6) is 1.04. The van der Waals surface area contributed by atoms with E-state index in [2.05, 4.69) is 187 Å². The average molecular weight is 888 g/mol. The Bertz CT molecular complexity index is 3900. The normalized spacial score (nSPS) is 11.7. The van der Waals surface area contributed by atoms with Crippen LogP contribution in [0.4, 0.5) is 39.8 Å². The van der Waals surface area contributed by atoms with E-state index in [1.807, 2.05) is 36.4 Å². The predicted molar refractivity (Wildman–Crippen MR) is 291 cm³/mol. The summed E-state index contributed by atoms with van der Waals surface area (Å²) in [5.41, 5.74) is 19.1. The quantitative estimate of drug-likeness (QED) is 0.141. The lowest BCUT2D eigenvalue weighted by molar-refractivity contribution is 0.415. The zero-order chi connectivity index (χ0) is 46.3. The van der Waals surface area contributed by atoms with Gasteiger partial charge in [0.25, 0.3) is 0 Å². The molecule has 0 radical (unpaired) electrons. The second kappa shape index (κ2) is 15.8. The smallest absolute Gasteiger partial charge is 0.119 e. The molecular weight excluding hydrogens is 843 g/mol. The molecule has 0 aliphatic rings. The van der Waals surface area contributed by atoms with Gasteiger partial charge in [0.05, 0.1) is 18.5 Å². The maximum absolute atomic E-state index is 10.4. The molecule has 0 bridgehead atoms. The van der Waals surface area contributed by atoms with Crippen LogP contribution in [0.2, 0.25) is 0 Å². The van der Waals surface area contributed by atoms with Crippen LogP contribution < -0.4 is 20.3 Å². The lowest BCUT2D eigenvalue weighted by Gasteiger charge is -2.27. The highest BCUT2D eigenvalue weighted by Crippen LogP contribution is 2.57. The molecule has 0 saturated carbocycles. The number of nitrogen functional groups attached to an aromatic ring is 1. The van der Waals surface area contributed by atoms with Crippen molar-refractivity contribution >= 4 is 104 Å². The number of nitrogens with two attached hydrogens (primary N) is 1. The average Bonchev–Trinajstić information content (AvgIpc) is 3.91. The summed E-state index contributed by atoms with van der Waals surface area (Å²) < 4.78 is 5.62. The molecule has 0 spiro atoms. The molecule has 0 aliphatic carbocycles. The van der Waals surface area contributed by atoms with Gasteiger partial charge >= 0.3 is 0 Å². The van der Waals surface area contributed by atoms with Crippen molar-refractivity contribution in [1.29, 1.82) is 0 Å². The molecule has 3 N–H and O–H groups in total. The van der Waals surface area contributed by atoms with Gasteiger partial charge in [-0.25, -0.2) is 0 Å². The molecule has 5 heteroatoms. The molecular formula is C64H45N3O2. The number of benzene rings is 11. The van der Waals surface area contributed by atoms with E-state index in [1.54, 1.807) is 19.2 Å². The minimum Gasteiger partial charge on any atom is -0.508 e. The molecule has 328 valence electrons. The Hall–Kier alpha value is -9.06. The zero-order valence-corrected chi connectivity index (χ0v) is 38.1. The molecule has 0 unspecified atom stereocenters. The van der Waals surface area contributed by atoms with E-state index in [4.69, 9.17) is 10.5 Å². The molecule has 13 aromatic carbocycles. The molecule has 13 rings (SSSR count). The number of phenols is 1. The van der Waals surface area contributed by atoms with E-state index in [0.29, 0.717) is 5.69 Å². The number of hydrogen-bond donors (Lipinski definition) is 2. The highest BCUT2D eigenvalue weighted by atomic mass is 16.5. The van der Waals surface area contributed by atoms with Crippen LogP contribution in [0.1, 0.15) is 5.56 Å². The van der Waals surface area contributed by atoms with E-state index < -0.39 is 0 Å². The molecule has 0 heterocycles. The van der Waals surface area contributed by atoms with Crippen molar-refractivity contribution in [3.8, 4) is 33.8 Å². The fourth-order valence-electron chi connectivity index (χ4n) is 11.1. The highest BCUT2D eigenvalue weighted by Gasteiger charge is 2.30. The van der Waals surface area contributed by atoms with Gasteiger partial charge in [-0.2, -0.15) is 0 Å². The van der Waals surface area contributed by atoms with Gasteiger partial charge in [0.1, 0.15) is 11.5 Å². The van der Waals surface area contributed by atoms with Gasteiger partial charge in [-0.1, -0.05) is 127 Å². The standard InChI is InChI=1S/C64H45N3O2/c1-39-19-23-43(24-20-39)66(46-29-33-48(69-2)34-30-46)55-37-35-53-59-49(55)15-9-17-51(59)61-57(40-11-5-3-6-12-40)64-54-36-38-56(67(44-25-21-42(65)22-26-44)45-27-31-47(68)32-28-45)50-16-10-18-52(60(50)54)62(64)58(63(53)61)41-13-7-4-8-14-41/h3-38,68H,65H2,1-2H3. The fraction of sp³-hybridized carbons (Fsp3) is 0.0312. The monoisotopic (exact) mass is 887 g/mol. The van der Waals surface area contributed by atoms with Gasteiger partial charge < -0.3 is 25.4 Å². The number of anilines is 7. The SMILES string of the molecule is COc1ccc(N(c2ccc(C)cc2)c2ccc3c4c(-c5ccccc5)c5c6cccc7c(N(c8ccc(N)cc8)c8ccc(O)cc8)ccc(c5c(-c5ccccc5)c4c4cccc2c43)c76)cc1.